The molecule has 2 atom stereocenters. The number of halogens is 1. The van der Waals surface area contributed by atoms with Crippen LogP contribution in [0, 0.1) is 11.7 Å². The van der Waals surface area contributed by atoms with Gasteiger partial charge in [0.15, 0.2) is 0 Å². The van der Waals surface area contributed by atoms with E-state index in [0.717, 1.165) is 28.3 Å². The number of nitrogens with zero attached hydrogens (tertiary/aromatic N) is 1. The smallest absolute Gasteiger partial charge is 0.286 e. The highest BCUT2D eigenvalue weighted by molar-refractivity contribution is 8.15. The molecule has 7 heteroatoms. The first-order valence-corrected chi connectivity index (χ1v) is 11.0. The average molecular weight is 439 g/mol. The van der Waals surface area contributed by atoms with Gasteiger partial charge in [0.25, 0.3) is 5.24 Å². The van der Waals surface area contributed by atoms with Gasteiger partial charge in [-0.25, -0.2) is 9.37 Å². The number of aromatic nitrogens is 1. The summed E-state index contributed by atoms with van der Waals surface area (Å²) in [4.78, 5) is 28.3. The number of nitrogens with one attached hydrogen (secondary N) is 1. The monoisotopic (exact) mass is 438 g/mol. The molecule has 3 aromatic rings. The number of benzene rings is 2. The van der Waals surface area contributed by atoms with Gasteiger partial charge in [0.1, 0.15) is 5.82 Å². The largest absolute Gasteiger partial charge is 0.481 e. The van der Waals surface area contributed by atoms with E-state index in [1.165, 1.54) is 6.07 Å². The van der Waals surface area contributed by atoms with Crippen LogP contribution in [0.1, 0.15) is 31.7 Å². The fraction of sp³-hybridized carbons (Fsp3) is 0.292. The number of thioether (sulfide) groups is 1. The maximum atomic E-state index is 14.2. The Bertz CT molecular complexity index is 1160. The molecule has 160 valence electrons. The summed E-state index contributed by atoms with van der Waals surface area (Å²) in [5, 5.41) is 2.99. The molecule has 1 N–H and O–H groups in total. The second kappa shape index (κ2) is 8.67. The molecule has 2 aromatic carbocycles. The Hall–Kier alpha value is -2.93. The van der Waals surface area contributed by atoms with Gasteiger partial charge in [0, 0.05) is 16.5 Å². The predicted molar refractivity (Wildman–Crippen MR) is 121 cm³/mol. The summed E-state index contributed by atoms with van der Waals surface area (Å²) in [6.07, 6.45) is 0.512. The number of ether oxygens (including phenoxy) is 1. The van der Waals surface area contributed by atoms with Gasteiger partial charge in [-0.3, -0.25) is 14.9 Å². The number of amides is 2. The SMILES string of the molecule is COc1nc(-c2ccc3cccc(F)c3c2)ccc1C(CC1SC(=O)NC1=O)C(C)C. The Balaban J connectivity index is 1.69. The van der Waals surface area contributed by atoms with Crippen molar-refractivity contribution in [2.24, 2.45) is 5.92 Å². The highest BCUT2D eigenvalue weighted by atomic mass is 32.2. The standard InChI is InChI=1S/C24H23FN2O3S/c1-13(2)17(12-21-22(28)27-24(29)31-21)16-9-10-20(26-23(16)30-3)15-8-7-14-5-4-6-19(25)18(14)11-15/h4-11,13,17,21H,12H2,1-3H3,(H,27,28,29). The minimum atomic E-state index is -0.423. The van der Waals surface area contributed by atoms with Crippen molar-refractivity contribution in [2.45, 2.75) is 31.4 Å². The van der Waals surface area contributed by atoms with Crippen LogP contribution in [-0.2, 0) is 4.79 Å². The summed E-state index contributed by atoms with van der Waals surface area (Å²) < 4.78 is 19.8. The molecule has 1 fully saturated rings. The first-order chi connectivity index (χ1) is 14.9. The number of fused-ring (bicyclic) bond motifs is 1. The molecule has 1 aliphatic heterocycles. The van der Waals surface area contributed by atoms with Crippen molar-refractivity contribution in [3.63, 3.8) is 0 Å². The van der Waals surface area contributed by atoms with Gasteiger partial charge in [0.05, 0.1) is 18.1 Å². The summed E-state index contributed by atoms with van der Waals surface area (Å²) in [6, 6.07) is 14.4. The first-order valence-electron chi connectivity index (χ1n) is 10.1. The zero-order valence-corrected chi connectivity index (χ0v) is 18.3. The molecule has 31 heavy (non-hydrogen) atoms. The molecule has 0 spiro atoms. The molecule has 0 bridgehead atoms. The predicted octanol–water partition coefficient (Wildman–Crippen LogP) is 5.53. The molecular formula is C24H23FN2O3S. The second-order valence-electron chi connectivity index (χ2n) is 7.94. The lowest BCUT2D eigenvalue weighted by atomic mass is 9.84. The van der Waals surface area contributed by atoms with Crippen LogP contribution in [0.15, 0.2) is 48.5 Å². The van der Waals surface area contributed by atoms with Crippen LogP contribution in [0.5, 0.6) is 5.88 Å². The van der Waals surface area contributed by atoms with Crippen LogP contribution < -0.4 is 10.1 Å². The number of carbonyl (C=O) groups is 2. The van der Waals surface area contributed by atoms with E-state index in [1.807, 2.05) is 30.3 Å². The van der Waals surface area contributed by atoms with Gasteiger partial charge < -0.3 is 4.74 Å². The summed E-state index contributed by atoms with van der Waals surface area (Å²) in [5.41, 5.74) is 2.36. The van der Waals surface area contributed by atoms with Crippen molar-refractivity contribution >= 4 is 33.7 Å². The van der Waals surface area contributed by atoms with Crippen molar-refractivity contribution in [1.29, 1.82) is 0 Å². The molecule has 2 amide bonds. The van der Waals surface area contributed by atoms with E-state index in [4.69, 9.17) is 9.72 Å². The summed E-state index contributed by atoms with van der Waals surface area (Å²) in [5.74, 6) is 0.145. The molecule has 5 nitrogen and oxygen atoms in total. The summed E-state index contributed by atoms with van der Waals surface area (Å²) in [7, 11) is 1.56. The molecule has 0 aliphatic carbocycles. The van der Waals surface area contributed by atoms with E-state index >= 15 is 0 Å². The molecule has 1 saturated heterocycles. The van der Waals surface area contributed by atoms with Crippen molar-refractivity contribution in [2.75, 3.05) is 7.11 Å². The highest BCUT2D eigenvalue weighted by Gasteiger charge is 2.35. The molecule has 2 heterocycles. The lowest BCUT2D eigenvalue weighted by Crippen LogP contribution is -2.26. The van der Waals surface area contributed by atoms with Crippen LogP contribution in [0.2, 0.25) is 0 Å². The van der Waals surface area contributed by atoms with Crippen molar-refractivity contribution in [3.05, 3.63) is 59.9 Å². The van der Waals surface area contributed by atoms with Crippen LogP contribution >= 0.6 is 11.8 Å². The summed E-state index contributed by atoms with van der Waals surface area (Å²) in [6.45, 7) is 4.15. The lowest BCUT2D eigenvalue weighted by Gasteiger charge is -2.24. The number of rotatable bonds is 6. The summed E-state index contributed by atoms with van der Waals surface area (Å²) >= 11 is 1.03. The number of hydrogen-bond acceptors (Lipinski definition) is 5. The van der Waals surface area contributed by atoms with Crippen molar-refractivity contribution < 1.29 is 18.7 Å². The Morgan fingerprint density at radius 2 is 1.97 bits per heavy atom. The zero-order valence-electron chi connectivity index (χ0n) is 17.5. The molecule has 1 aliphatic rings. The van der Waals surface area contributed by atoms with Crippen LogP contribution in [0.25, 0.3) is 22.0 Å². The molecule has 0 radical (unpaired) electrons. The van der Waals surface area contributed by atoms with Gasteiger partial charge >= 0.3 is 0 Å². The maximum Gasteiger partial charge on any atom is 0.286 e. The fourth-order valence-corrected chi connectivity index (χ4v) is 4.88. The molecular weight excluding hydrogens is 415 g/mol. The average Bonchev–Trinajstić information content (AvgIpc) is 3.08. The van der Waals surface area contributed by atoms with E-state index in [1.54, 1.807) is 19.2 Å². The van der Waals surface area contributed by atoms with Gasteiger partial charge in [-0.15, -0.1) is 0 Å². The minimum Gasteiger partial charge on any atom is -0.481 e. The van der Waals surface area contributed by atoms with Crippen LogP contribution in [-0.4, -0.2) is 28.5 Å². The second-order valence-corrected chi connectivity index (χ2v) is 9.12. The third-order valence-corrected chi connectivity index (χ3v) is 6.65. The van der Waals surface area contributed by atoms with Crippen LogP contribution in [0.3, 0.4) is 0 Å². The van der Waals surface area contributed by atoms with E-state index in [0.29, 0.717) is 23.4 Å². The fourth-order valence-electron chi connectivity index (χ4n) is 3.99. The number of methoxy groups -OCH3 is 1. The van der Waals surface area contributed by atoms with E-state index in [9.17, 15) is 14.0 Å². The Kier molecular flexibility index (Phi) is 5.96. The number of pyridine rings is 1. The normalized spacial score (nSPS) is 17.3. The number of imide groups is 1. The molecule has 0 saturated carbocycles. The van der Waals surface area contributed by atoms with Gasteiger partial charge in [-0.1, -0.05) is 55.9 Å². The lowest BCUT2D eigenvalue weighted by molar-refractivity contribution is -0.119. The number of hydrogen-bond donors (Lipinski definition) is 1. The molecule has 1 aromatic heterocycles. The van der Waals surface area contributed by atoms with Crippen LogP contribution in [0.4, 0.5) is 9.18 Å². The minimum absolute atomic E-state index is 0.0142. The van der Waals surface area contributed by atoms with Gasteiger partial charge in [0.2, 0.25) is 11.8 Å². The zero-order chi connectivity index (χ0) is 22.1. The van der Waals surface area contributed by atoms with E-state index in [-0.39, 0.29) is 28.8 Å². The first kappa shape index (κ1) is 21.3. The topological polar surface area (TPSA) is 68.3 Å². The quantitative estimate of drug-likeness (QED) is 0.548. The highest BCUT2D eigenvalue weighted by Crippen LogP contribution is 2.39. The van der Waals surface area contributed by atoms with Crippen molar-refractivity contribution in [1.82, 2.24) is 10.3 Å². The Morgan fingerprint density at radius 3 is 2.65 bits per heavy atom. The molecule has 2 unspecified atom stereocenters. The van der Waals surface area contributed by atoms with Crippen molar-refractivity contribution in [3.8, 4) is 17.1 Å². The third kappa shape index (κ3) is 4.28. The number of carbonyl (C=O) groups excluding carboxylic acids is 2. The Labute approximate surface area is 184 Å². The maximum absolute atomic E-state index is 14.2. The third-order valence-electron chi connectivity index (χ3n) is 5.65. The van der Waals surface area contributed by atoms with Gasteiger partial charge in [-0.05, 0) is 41.8 Å². The molecule has 4 rings (SSSR count). The van der Waals surface area contributed by atoms with E-state index in [2.05, 4.69) is 19.2 Å². The van der Waals surface area contributed by atoms with Gasteiger partial charge in [-0.2, -0.15) is 0 Å². The Morgan fingerprint density at radius 1 is 1.16 bits per heavy atom. The van der Waals surface area contributed by atoms with E-state index < -0.39 is 5.25 Å².